The maximum absolute atomic E-state index is 11.1. The predicted octanol–water partition coefficient (Wildman–Crippen LogP) is 4.64. The number of hydrogen-bond acceptors (Lipinski definition) is 4. The van der Waals surface area contributed by atoms with E-state index in [4.69, 9.17) is 9.84 Å². The van der Waals surface area contributed by atoms with E-state index in [2.05, 4.69) is 32.1 Å². The Hall–Kier alpha value is -1.65. The minimum Gasteiger partial charge on any atom is -0.461 e. The standard InChI is InChI=1S/C22H36O4/c1-18(2)8-5-12-22(17-26-20(4)25)13-7-11-21(16-24)10-6-9-19(3)14-15-23/h8,10,13-14,23-24H,5-7,9,11-12,15-17H2,1-4H3. The molecule has 0 aromatic heterocycles. The molecule has 0 rings (SSSR count). The number of carbonyl (C=O) groups excluding carboxylic acids is 1. The van der Waals surface area contributed by atoms with Gasteiger partial charge < -0.3 is 14.9 Å². The number of ether oxygens (including phenoxy) is 1. The molecule has 148 valence electrons. The summed E-state index contributed by atoms with van der Waals surface area (Å²) in [4.78, 5) is 11.1. The van der Waals surface area contributed by atoms with Gasteiger partial charge >= 0.3 is 5.97 Å². The molecular formula is C22H36O4. The molecule has 0 fully saturated rings. The Balaban J connectivity index is 4.59. The van der Waals surface area contributed by atoms with Gasteiger partial charge in [-0.25, -0.2) is 0 Å². The third-order valence-electron chi connectivity index (χ3n) is 3.99. The van der Waals surface area contributed by atoms with Crippen LogP contribution < -0.4 is 0 Å². The second-order valence-electron chi connectivity index (χ2n) is 6.79. The highest BCUT2D eigenvalue weighted by atomic mass is 16.5. The summed E-state index contributed by atoms with van der Waals surface area (Å²) in [5.74, 6) is -0.264. The van der Waals surface area contributed by atoms with Crippen molar-refractivity contribution < 1.29 is 19.7 Å². The molecule has 2 N–H and O–H groups in total. The van der Waals surface area contributed by atoms with Crippen LogP contribution in [0, 0.1) is 0 Å². The van der Waals surface area contributed by atoms with Gasteiger partial charge in [-0.1, -0.05) is 35.5 Å². The van der Waals surface area contributed by atoms with Gasteiger partial charge in [0.05, 0.1) is 13.2 Å². The molecule has 0 heterocycles. The van der Waals surface area contributed by atoms with E-state index in [1.54, 1.807) is 0 Å². The second-order valence-corrected chi connectivity index (χ2v) is 6.79. The lowest BCUT2D eigenvalue weighted by atomic mass is 10.0. The molecule has 0 amide bonds. The van der Waals surface area contributed by atoms with Crippen molar-refractivity contribution in [2.75, 3.05) is 19.8 Å². The zero-order chi connectivity index (χ0) is 19.8. The minimum absolute atomic E-state index is 0.0631. The molecule has 0 aliphatic rings. The molecule has 0 radical (unpaired) electrons. The van der Waals surface area contributed by atoms with Crippen LogP contribution in [0.2, 0.25) is 0 Å². The maximum Gasteiger partial charge on any atom is 0.302 e. The second kappa shape index (κ2) is 15.6. The number of rotatable bonds is 13. The molecule has 4 nitrogen and oxygen atoms in total. The van der Waals surface area contributed by atoms with Crippen LogP contribution in [0.4, 0.5) is 0 Å². The van der Waals surface area contributed by atoms with Crippen LogP contribution in [0.25, 0.3) is 0 Å². The number of esters is 1. The zero-order valence-electron chi connectivity index (χ0n) is 16.9. The molecular weight excluding hydrogens is 328 g/mol. The highest BCUT2D eigenvalue weighted by Crippen LogP contribution is 2.14. The molecule has 26 heavy (non-hydrogen) atoms. The summed E-state index contributed by atoms with van der Waals surface area (Å²) >= 11 is 0. The van der Waals surface area contributed by atoms with Crippen molar-refractivity contribution in [1.29, 1.82) is 0 Å². The molecule has 0 bridgehead atoms. The van der Waals surface area contributed by atoms with E-state index in [0.29, 0.717) is 6.61 Å². The van der Waals surface area contributed by atoms with Gasteiger partial charge in [-0.2, -0.15) is 0 Å². The minimum atomic E-state index is -0.264. The zero-order valence-corrected chi connectivity index (χ0v) is 16.9. The lowest BCUT2D eigenvalue weighted by Gasteiger charge is -2.08. The first-order valence-corrected chi connectivity index (χ1v) is 9.38. The lowest BCUT2D eigenvalue weighted by Crippen LogP contribution is -2.03. The van der Waals surface area contributed by atoms with E-state index in [1.807, 2.05) is 13.0 Å². The molecule has 0 aromatic carbocycles. The van der Waals surface area contributed by atoms with Crippen LogP contribution in [-0.2, 0) is 9.53 Å². The van der Waals surface area contributed by atoms with Gasteiger partial charge in [-0.05, 0) is 70.4 Å². The van der Waals surface area contributed by atoms with Gasteiger partial charge in [0.25, 0.3) is 0 Å². The largest absolute Gasteiger partial charge is 0.461 e. The van der Waals surface area contributed by atoms with Crippen LogP contribution in [0.15, 0.2) is 46.6 Å². The van der Waals surface area contributed by atoms with Crippen LogP contribution in [0.1, 0.15) is 66.2 Å². The Labute approximate surface area is 159 Å². The van der Waals surface area contributed by atoms with E-state index >= 15 is 0 Å². The quantitative estimate of drug-likeness (QED) is 0.369. The van der Waals surface area contributed by atoms with Crippen molar-refractivity contribution in [3.8, 4) is 0 Å². The third-order valence-corrected chi connectivity index (χ3v) is 3.99. The van der Waals surface area contributed by atoms with E-state index in [1.165, 1.54) is 12.5 Å². The Morgan fingerprint density at radius 1 is 0.808 bits per heavy atom. The molecule has 0 aromatic rings. The molecule has 0 atom stereocenters. The maximum atomic E-state index is 11.1. The van der Waals surface area contributed by atoms with Crippen LogP contribution in [0.5, 0.6) is 0 Å². The van der Waals surface area contributed by atoms with Gasteiger partial charge in [-0.3, -0.25) is 4.79 Å². The summed E-state index contributed by atoms with van der Waals surface area (Å²) in [6.07, 6.45) is 13.4. The number of hydrogen-bond donors (Lipinski definition) is 2. The lowest BCUT2D eigenvalue weighted by molar-refractivity contribution is -0.140. The fraction of sp³-hybridized carbons (Fsp3) is 0.591. The van der Waals surface area contributed by atoms with E-state index in [-0.39, 0.29) is 19.2 Å². The Morgan fingerprint density at radius 2 is 1.38 bits per heavy atom. The van der Waals surface area contributed by atoms with Crippen molar-refractivity contribution in [3.63, 3.8) is 0 Å². The summed E-state index contributed by atoms with van der Waals surface area (Å²) in [6, 6.07) is 0. The average Bonchev–Trinajstić information content (AvgIpc) is 2.57. The topological polar surface area (TPSA) is 66.8 Å². The predicted molar refractivity (Wildman–Crippen MR) is 108 cm³/mol. The van der Waals surface area contributed by atoms with Gasteiger partial charge in [0.2, 0.25) is 0 Å². The molecule has 0 aliphatic carbocycles. The summed E-state index contributed by atoms with van der Waals surface area (Å²) in [5.41, 5.74) is 4.59. The summed E-state index contributed by atoms with van der Waals surface area (Å²) < 4.78 is 5.14. The first-order valence-electron chi connectivity index (χ1n) is 9.38. The van der Waals surface area contributed by atoms with Gasteiger partial charge in [0.1, 0.15) is 6.61 Å². The summed E-state index contributed by atoms with van der Waals surface area (Å²) in [6.45, 7) is 8.05. The van der Waals surface area contributed by atoms with Gasteiger partial charge in [-0.15, -0.1) is 0 Å². The smallest absolute Gasteiger partial charge is 0.302 e. The highest BCUT2D eigenvalue weighted by molar-refractivity contribution is 5.66. The van der Waals surface area contributed by atoms with Crippen molar-refractivity contribution >= 4 is 5.97 Å². The molecule has 0 aliphatic heterocycles. The van der Waals surface area contributed by atoms with Crippen LogP contribution >= 0.6 is 0 Å². The average molecular weight is 365 g/mol. The number of carbonyl (C=O) groups is 1. The Bertz CT molecular complexity index is 520. The first kappa shape index (κ1) is 24.4. The number of aliphatic hydroxyl groups is 2. The summed E-state index contributed by atoms with van der Waals surface area (Å²) in [5, 5.41) is 18.4. The fourth-order valence-electron chi connectivity index (χ4n) is 2.44. The fourth-order valence-corrected chi connectivity index (χ4v) is 2.44. The SMILES string of the molecule is CC(=O)OCC(=CCCC(=CCCC(C)=CCO)CO)CCC=C(C)C. The van der Waals surface area contributed by atoms with Crippen molar-refractivity contribution in [2.45, 2.75) is 66.2 Å². The van der Waals surface area contributed by atoms with Crippen molar-refractivity contribution in [2.24, 2.45) is 0 Å². The normalized spacial score (nSPS) is 12.9. The van der Waals surface area contributed by atoms with Crippen molar-refractivity contribution in [3.05, 3.63) is 46.6 Å². The number of aliphatic hydroxyl groups excluding tert-OH is 2. The number of allylic oxidation sites excluding steroid dienone is 5. The molecule has 0 spiro atoms. The van der Waals surface area contributed by atoms with Gasteiger partial charge in [0, 0.05) is 6.92 Å². The molecule has 0 saturated carbocycles. The monoisotopic (exact) mass is 364 g/mol. The van der Waals surface area contributed by atoms with E-state index < -0.39 is 0 Å². The Morgan fingerprint density at radius 3 is 1.96 bits per heavy atom. The van der Waals surface area contributed by atoms with E-state index in [9.17, 15) is 9.90 Å². The molecule has 0 saturated heterocycles. The highest BCUT2D eigenvalue weighted by Gasteiger charge is 2.02. The van der Waals surface area contributed by atoms with Crippen molar-refractivity contribution in [1.82, 2.24) is 0 Å². The van der Waals surface area contributed by atoms with Crippen LogP contribution in [0.3, 0.4) is 0 Å². The summed E-state index contributed by atoms with van der Waals surface area (Å²) in [7, 11) is 0. The molecule has 0 unspecified atom stereocenters. The van der Waals surface area contributed by atoms with Gasteiger partial charge in [0.15, 0.2) is 0 Å². The first-order chi connectivity index (χ1) is 12.4. The third kappa shape index (κ3) is 14.7. The molecule has 4 heteroatoms. The van der Waals surface area contributed by atoms with E-state index in [0.717, 1.165) is 55.2 Å². The Kier molecular flexibility index (Phi) is 14.6. The van der Waals surface area contributed by atoms with Crippen LogP contribution in [-0.4, -0.2) is 36.0 Å².